The maximum atomic E-state index is 13.2. The van der Waals surface area contributed by atoms with Gasteiger partial charge in [-0.15, -0.1) is 0 Å². The highest BCUT2D eigenvalue weighted by atomic mass is 32.2. The minimum Gasteiger partial charge on any atom is -0.337 e. The maximum absolute atomic E-state index is 13.2. The van der Waals surface area contributed by atoms with Crippen LogP contribution in [0.25, 0.3) is 0 Å². The molecule has 2 aliphatic heterocycles. The van der Waals surface area contributed by atoms with Crippen molar-refractivity contribution in [1.82, 2.24) is 9.21 Å². The molecule has 2 aliphatic rings. The number of rotatable bonds is 4. The van der Waals surface area contributed by atoms with Crippen LogP contribution in [0.3, 0.4) is 0 Å². The maximum Gasteiger partial charge on any atom is 0.253 e. The highest BCUT2D eigenvalue weighted by Crippen LogP contribution is 2.35. The van der Waals surface area contributed by atoms with E-state index in [1.54, 1.807) is 23.1 Å². The third kappa shape index (κ3) is 4.62. The van der Waals surface area contributed by atoms with E-state index in [0.717, 1.165) is 17.7 Å². The normalized spacial score (nSPS) is 19.9. The number of carbonyl (C=O) groups excluding carboxylic acids is 1. The summed E-state index contributed by atoms with van der Waals surface area (Å²) in [6.45, 7) is 2.84. The zero-order valence-electron chi connectivity index (χ0n) is 18.4. The molecule has 0 radical (unpaired) electrons. The molecule has 0 saturated carbocycles. The molecule has 11 heteroatoms. The van der Waals surface area contributed by atoms with Crippen molar-refractivity contribution in [2.75, 3.05) is 36.7 Å². The lowest BCUT2D eigenvalue weighted by molar-refractivity contribution is 0.0764. The highest BCUT2D eigenvalue weighted by Gasteiger charge is 2.34. The average Bonchev–Trinajstić information content (AvgIpc) is 2.91. The van der Waals surface area contributed by atoms with E-state index in [4.69, 9.17) is 0 Å². The smallest absolute Gasteiger partial charge is 0.253 e. The Labute approximate surface area is 193 Å². The molecule has 0 bridgehead atoms. The van der Waals surface area contributed by atoms with Gasteiger partial charge in [0.1, 0.15) is 5.82 Å². The SMILES string of the molecule is CC1Cc2cc(C(=O)N3CCCN(S(=O)(=O)c4ccc(F)cc4)CC3)ccc2N1S(C)(=O)=O. The summed E-state index contributed by atoms with van der Waals surface area (Å²) in [6, 6.07) is 9.50. The van der Waals surface area contributed by atoms with Gasteiger partial charge in [0.25, 0.3) is 5.91 Å². The van der Waals surface area contributed by atoms with Crippen molar-refractivity contribution < 1.29 is 26.0 Å². The van der Waals surface area contributed by atoms with E-state index in [-0.39, 0.29) is 36.5 Å². The summed E-state index contributed by atoms with van der Waals surface area (Å²) in [5, 5.41) is 0. The van der Waals surface area contributed by atoms with Gasteiger partial charge in [-0.3, -0.25) is 9.10 Å². The Morgan fingerprint density at radius 3 is 2.33 bits per heavy atom. The first-order chi connectivity index (χ1) is 15.5. The molecule has 33 heavy (non-hydrogen) atoms. The predicted octanol–water partition coefficient (Wildman–Crippen LogP) is 2.07. The number of sulfonamides is 2. The number of anilines is 1. The molecular weight excluding hydrogens is 469 g/mol. The Bertz CT molecular complexity index is 1280. The summed E-state index contributed by atoms with van der Waals surface area (Å²) >= 11 is 0. The Morgan fingerprint density at radius 1 is 0.970 bits per heavy atom. The number of amides is 1. The van der Waals surface area contributed by atoms with Crippen molar-refractivity contribution in [3.05, 3.63) is 59.4 Å². The molecular formula is C22H26FN3O5S2. The van der Waals surface area contributed by atoms with Crippen LogP contribution in [0.4, 0.5) is 10.1 Å². The summed E-state index contributed by atoms with van der Waals surface area (Å²) < 4.78 is 65.9. The Balaban J connectivity index is 1.50. The number of benzene rings is 2. The minimum absolute atomic E-state index is 0.0202. The van der Waals surface area contributed by atoms with Gasteiger partial charge in [-0.1, -0.05) is 0 Å². The molecule has 1 fully saturated rings. The largest absolute Gasteiger partial charge is 0.337 e. The van der Waals surface area contributed by atoms with Crippen LogP contribution in [0.2, 0.25) is 0 Å². The van der Waals surface area contributed by atoms with E-state index in [9.17, 15) is 26.0 Å². The van der Waals surface area contributed by atoms with Crippen LogP contribution in [0.5, 0.6) is 0 Å². The second-order valence-corrected chi connectivity index (χ2v) is 12.3. The van der Waals surface area contributed by atoms with Gasteiger partial charge in [0.15, 0.2) is 0 Å². The molecule has 0 N–H and O–H groups in total. The van der Waals surface area contributed by atoms with Gasteiger partial charge in [-0.2, -0.15) is 4.31 Å². The fourth-order valence-corrected chi connectivity index (χ4v) is 7.25. The number of fused-ring (bicyclic) bond motifs is 1. The Morgan fingerprint density at radius 2 is 1.67 bits per heavy atom. The van der Waals surface area contributed by atoms with Crippen LogP contribution < -0.4 is 4.31 Å². The van der Waals surface area contributed by atoms with Gasteiger partial charge in [0.2, 0.25) is 20.0 Å². The van der Waals surface area contributed by atoms with Crippen LogP contribution in [0.15, 0.2) is 47.4 Å². The topological polar surface area (TPSA) is 95.1 Å². The molecule has 2 aromatic rings. The molecule has 178 valence electrons. The molecule has 2 aromatic carbocycles. The number of hydrogen-bond acceptors (Lipinski definition) is 5. The molecule has 1 saturated heterocycles. The standard InChI is InChI=1S/C22H26FN3O5S2/c1-16-14-18-15-17(4-9-21(18)26(16)32(2,28)29)22(27)24-10-3-11-25(13-12-24)33(30,31)20-7-5-19(23)6-8-20/h4-9,15-16H,3,10-14H2,1-2H3. The molecule has 0 aliphatic carbocycles. The average molecular weight is 496 g/mol. The number of halogens is 1. The molecule has 1 unspecified atom stereocenters. The van der Waals surface area contributed by atoms with Gasteiger partial charge in [-0.25, -0.2) is 21.2 Å². The van der Waals surface area contributed by atoms with Gasteiger partial charge in [0, 0.05) is 37.8 Å². The first-order valence-corrected chi connectivity index (χ1v) is 13.9. The fourth-order valence-electron chi connectivity index (χ4n) is 4.52. The molecule has 4 rings (SSSR count). The summed E-state index contributed by atoms with van der Waals surface area (Å²) in [6.07, 6.45) is 2.16. The van der Waals surface area contributed by atoms with E-state index < -0.39 is 25.9 Å². The zero-order valence-corrected chi connectivity index (χ0v) is 20.1. The van der Waals surface area contributed by atoms with Gasteiger partial charge in [-0.05, 0) is 67.8 Å². The van der Waals surface area contributed by atoms with Crippen molar-refractivity contribution in [3.63, 3.8) is 0 Å². The quantitative estimate of drug-likeness (QED) is 0.647. The van der Waals surface area contributed by atoms with Crippen molar-refractivity contribution >= 4 is 31.6 Å². The molecule has 0 spiro atoms. The summed E-state index contributed by atoms with van der Waals surface area (Å²) in [7, 11) is -7.20. The van der Waals surface area contributed by atoms with E-state index in [1.165, 1.54) is 27.0 Å². The van der Waals surface area contributed by atoms with E-state index in [1.807, 2.05) is 6.92 Å². The monoisotopic (exact) mass is 495 g/mol. The number of carbonyl (C=O) groups is 1. The molecule has 1 amide bonds. The van der Waals surface area contributed by atoms with Gasteiger partial charge >= 0.3 is 0 Å². The summed E-state index contributed by atoms with van der Waals surface area (Å²) in [4.78, 5) is 14.8. The lowest BCUT2D eigenvalue weighted by atomic mass is 10.1. The van der Waals surface area contributed by atoms with Gasteiger partial charge in [0.05, 0.1) is 16.8 Å². The third-order valence-corrected chi connectivity index (χ3v) is 9.21. The fraction of sp³-hybridized carbons (Fsp3) is 0.409. The number of nitrogens with zero attached hydrogens (tertiary/aromatic N) is 3. The van der Waals surface area contributed by atoms with Crippen LogP contribution >= 0.6 is 0 Å². The first kappa shape index (κ1) is 23.7. The van der Waals surface area contributed by atoms with Crippen LogP contribution in [0.1, 0.15) is 29.3 Å². The lowest BCUT2D eigenvalue weighted by Crippen LogP contribution is -2.37. The summed E-state index contributed by atoms with van der Waals surface area (Å²) in [5.74, 6) is -0.728. The second kappa shape index (κ2) is 8.69. The molecule has 2 heterocycles. The van der Waals surface area contributed by atoms with Gasteiger partial charge < -0.3 is 4.90 Å². The van der Waals surface area contributed by atoms with Crippen LogP contribution in [0, 0.1) is 5.82 Å². The molecule has 1 atom stereocenters. The second-order valence-electron chi connectivity index (χ2n) is 8.46. The highest BCUT2D eigenvalue weighted by molar-refractivity contribution is 7.92. The minimum atomic E-state index is -3.78. The van der Waals surface area contributed by atoms with Crippen LogP contribution in [-0.4, -0.2) is 70.4 Å². The molecule has 0 aromatic heterocycles. The lowest BCUT2D eigenvalue weighted by Gasteiger charge is -2.23. The Kier molecular flexibility index (Phi) is 6.23. The summed E-state index contributed by atoms with van der Waals surface area (Å²) in [5.41, 5.74) is 1.84. The van der Waals surface area contributed by atoms with Crippen molar-refractivity contribution in [3.8, 4) is 0 Å². The molecule has 8 nitrogen and oxygen atoms in total. The van der Waals surface area contributed by atoms with Crippen molar-refractivity contribution in [1.29, 1.82) is 0 Å². The van der Waals surface area contributed by atoms with E-state index >= 15 is 0 Å². The first-order valence-electron chi connectivity index (χ1n) is 10.7. The third-order valence-electron chi connectivity index (χ3n) is 6.03. The predicted molar refractivity (Wildman–Crippen MR) is 123 cm³/mol. The van der Waals surface area contributed by atoms with E-state index in [2.05, 4.69) is 0 Å². The zero-order chi connectivity index (χ0) is 24.0. The van der Waals surface area contributed by atoms with Crippen molar-refractivity contribution in [2.24, 2.45) is 0 Å². The van der Waals surface area contributed by atoms with Crippen molar-refractivity contribution in [2.45, 2.75) is 30.7 Å². The van der Waals surface area contributed by atoms with E-state index in [0.29, 0.717) is 30.6 Å². The van der Waals surface area contributed by atoms with Crippen LogP contribution in [-0.2, 0) is 26.5 Å². The number of hydrogen-bond donors (Lipinski definition) is 0. The Hall–Kier alpha value is -2.50.